The lowest BCUT2D eigenvalue weighted by Crippen LogP contribution is -2.67. The van der Waals surface area contributed by atoms with E-state index in [0.29, 0.717) is 28.9 Å². The Morgan fingerprint density at radius 3 is 2.81 bits per heavy atom. The zero-order valence-electron chi connectivity index (χ0n) is 22.9. The maximum absolute atomic E-state index is 15.6. The number of alkyl halides is 1. The van der Waals surface area contributed by atoms with Gasteiger partial charge in [-0.25, -0.2) is 9.37 Å². The van der Waals surface area contributed by atoms with Crippen LogP contribution in [0.1, 0.15) is 49.6 Å². The van der Waals surface area contributed by atoms with Crippen molar-refractivity contribution in [1.29, 1.82) is 0 Å². The average molecular weight is 495 g/mol. The molecule has 3 fully saturated rings. The third-order valence-electron chi connectivity index (χ3n) is 7.61. The number of methoxy groups -OCH3 is 1. The van der Waals surface area contributed by atoms with Crippen molar-refractivity contribution in [3.05, 3.63) is 36.7 Å². The number of rotatable bonds is 6. The van der Waals surface area contributed by atoms with Gasteiger partial charge < -0.3 is 20.1 Å². The summed E-state index contributed by atoms with van der Waals surface area (Å²) in [4.78, 5) is 6.58. The summed E-state index contributed by atoms with van der Waals surface area (Å²) in [5.41, 5.74) is 1.39. The van der Waals surface area contributed by atoms with E-state index in [4.69, 9.17) is 8.85 Å². The van der Waals surface area contributed by atoms with E-state index >= 15 is 4.39 Å². The lowest BCUT2D eigenvalue weighted by atomic mass is 9.74. The third kappa shape index (κ3) is 4.23. The number of ether oxygens (including phenoxy) is 1. The molecule has 2 aromatic heterocycles. The second-order valence-electron chi connectivity index (χ2n) is 10.3. The minimum atomic E-state index is -2.65. The Hall–Kier alpha value is -3.40. The van der Waals surface area contributed by atoms with E-state index < -0.39 is 13.2 Å². The summed E-state index contributed by atoms with van der Waals surface area (Å²) in [7, 11) is -2.65. The average Bonchev–Trinajstić information content (AvgIpc) is 3.72. The molecule has 2 N–H and O–H groups in total. The Morgan fingerprint density at radius 1 is 1.17 bits per heavy atom. The van der Waals surface area contributed by atoms with Crippen molar-refractivity contribution in [3.8, 4) is 34.1 Å². The first-order valence-corrected chi connectivity index (χ1v) is 12.3. The maximum Gasteiger partial charge on any atom is 0.233 e. The highest BCUT2D eigenvalue weighted by Crippen LogP contribution is 2.42. The van der Waals surface area contributed by atoms with E-state index in [1.165, 1.54) is 18.3 Å². The zero-order chi connectivity index (χ0) is 27.4. The summed E-state index contributed by atoms with van der Waals surface area (Å²) < 4.78 is 42.2. The molecule has 10 heteroatoms. The van der Waals surface area contributed by atoms with Crippen LogP contribution in [0, 0.1) is 0 Å². The fraction of sp³-hybridized carbons (Fsp3) is 0.500. The second kappa shape index (κ2) is 8.92. The Bertz CT molecular complexity index is 1360. The minimum absolute atomic E-state index is 0.0817. The number of aromatic nitrogens is 5. The summed E-state index contributed by atoms with van der Waals surface area (Å²) in [6.45, 7) is 2.19. The SMILES string of the molecule is [2H]C([2H])([2H])Oc1cc(-c2ccc(-c3ncc(N(C4CC4)[C@@H]4C[C@@]5(C)CCC[C@H](N5)[C@@H]4F)nn3)c(O)c2)cnn1. The van der Waals surface area contributed by atoms with Gasteiger partial charge in [0, 0.05) is 29.3 Å². The van der Waals surface area contributed by atoms with Crippen LogP contribution in [0.25, 0.3) is 22.5 Å². The zero-order valence-corrected chi connectivity index (χ0v) is 19.9. The predicted octanol–water partition coefficient (Wildman–Crippen LogP) is 3.69. The molecule has 0 radical (unpaired) electrons. The van der Waals surface area contributed by atoms with Crippen LogP contribution in [0.5, 0.6) is 11.6 Å². The van der Waals surface area contributed by atoms with Gasteiger partial charge in [-0.05, 0) is 63.1 Å². The molecule has 2 saturated heterocycles. The van der Waals surface area contributed by atoms with Gasteiger partial charge in [-0.1, -0.05) is 6.07 Å². The fourth-order valence-corrected chi connectivity index (χ4v) is 5.74. The van der Waals surface area contributed by atoms with Gasteiger partial charge in [-0.2, -0.15) is 5.10 Å². The fourth-order valence-electron chi connectivity index (χ4n) is 5.74. The normalized spacial score (nSPS) is 29.1. The lowest BCUT2D eigenvalue weighted by Gasteiger charge is -2.52. The van der Waals surface area contributed by atoms with Crippen molar-refractivity contribution >= 4 is 5.82 Å². The lowest BCUT2D eigenvalue weighted by molar-refractivity contribution is 0.0584. The first-order chi connectivity index (χ1) is 18.6. The molecule has 1 saturated carbocycles. The standard InChI is InChI=1S/C26H30FN7O2/c1-26-9-3-4-19(30-26)24(27)20(12-26)34(17-6-7-17)22-14-28-25(33-31-22)18-8-5-15(10-21(18)35)16-11-23(36-2)32-29-13-16/h5,8,10-11,13-14,17,19-20,24,30,35H,3-4,6-7,9,12H2,1-2H3/t19-,20+,24-,26+/m0/s1/i2D3. The van der Waals surface area contributed by atoms with Crippen molar-refractivity contribution < 1.29 is 18.3 Å². The number of nitrogens with one attached hydrogen (secondary N) is 1. The Kier molecular flexibility index (Phi) is 4.89. The Morgan fingerprint density at radius 2 is 2.06 bits per heavy atom. The summed E-state index contributed by atoms with van der Waals surface area (Å²) in [6.07, 6.45) is 7.66. The summed E-state index contributed by atoms with van der Waals surface area (Å²) in [6, 6.07) is 6.11. The van der Waals surface area contributed by atoms with E-state index in [-0.39, 0.29) is 41.1 Å². The number of phenolic OH excluding ortho intramolecular Hbond substituents is 1. The van der Waals surface area contributed by atoms with Crippen LogP contribution in [0.3, 0.4) is 0 Å². The van der Waals surface area contributed by atoms with Gasteiger partial charge in [0.05, 0.1) is 35.1 Å². The number of phenols is 1. The molecule has 3 aliphatic rings. The number of nitrogens with zero attached hydrogens (tertiary/aromatic N) is 6. The summed E-state index contributed by atoms with van der Waals surface area (Å²) >= 11 is 0. The number of hydrogen-bond donors (Lipinski definition) is 2. The molecular weight excluding hydrogens is 461 g/mol. The minimum Gasteiger partial charge on any atom is -0.507 e. The molecule has 0 amide bonds. The van der Waals surface area contributed by atoms with Crippen LogP contribution in [-0.4, -0.2) is 67.4 Å². The topological polar surface area (TPSA) is 109 Å². The molecule has 1 aliphatic carbocycles. The molecule has 188 valence electrons. The number of anilines is 1. The quantitative estimate of drug-likeness (QED) is 0.530. The molecule has 3 aromatic rings. The molecule has 0 spiro atoms. The van der Waals surface area contributed by atoms with Crippen LogP contribution < -0.4 is 15.0 Å². The van der Waals surface area contributed by atoms with Gasteiger partial charge in [-0.3, -0.25) is 0 Å². The maximum atomic E-state index is 15.6. The van der Waals surface area contributed by atoms with Gasteiger partial charge in [0.1, 0.15) is 11.9 Å². The van der Waals surface area contributed by atoms with Crippen LogP contribution in [0.15, 0.2) is 36.7 Å². The number of benzene rings is 1. The molecular formula is C26H30FN7O2. The van der Waals surface area contributed by atoms with Crippen molar-refractivity contribution in [2.45, 2.75) is 75.3 Å². The van der Waals surface area contributed by atoms with Crippen LogP contribution in [-0.2, 0) is 0 Å². The van der Waals surface area contributed by atoms with Crippen LogP contribution in [0.4, 0.5) is 10.2 Å². The van der Waals surface area contributed by atoms with Gasteiger partial charge in [0.15, 0.2) is 11.6 Å². The molecule has 36 heavy (non-hydrogen) atoms. The number of aromatic hydroxyl groups is 1. The van der Waals surface area contributed by atoms with Crippen molar-refractivity contribution in [2.24, 2.45) is 0 Å². The number of piperidine rings is 2. The Balaban J connectivity index is 1.24. The number of hydrogen-bond acceptors (Lipinski definition) is 9. The van der Waals surface area contributed by atoms with Gasteiger partial charge >= 0.3 is 0 Å². The van der Waals surface area contributed by atoms with Crippen molar-refractivity contribution in [3.63, 3.8) is 0 Å². The predicted molar refractivity (Wildman–Crippen MR) is 132 cm³/mol. The van der Waals surface area contributed by atoms with Gasteiger partial charge in [0.2, 0.25) is 5.88 Å². The van der Waals surface area contributed by atoms with Gasteiger partial charge in [0.25, 0.3) is 0 Å². The van der Waals surface area contributed by atoms with Crippen molar-refractivity contribution in [1.82, 2.24) is 30.7 Å². The molecule has 1 aromatic carbocycles. The third-order valence-corrected chi connectivity index (χ3v) is 7.61. The molecule has 4 atom stereocenters. The molecule has 0 unspecified atom stereocenters. The molecule has 9 nitrogen and oxygen atoms in total. The number of halogens is 1. The number of fused-ring (bicyclic) bond motifs is 2. The van der Waals surface area contributed by atoms with E-state index in [9.17, 15) is 5.11 Å². The molecule has 2 bridgehead atoms. The monoisotopic (exact) mass is 494 g/mol. The Labute approximate surface area is 213 Å². The van der Waals surface area contributed by atoms with Gasteiger partial charge in [-0.15, -0.1) is 15.3 Å². The van der Waals surface area contributed by atoms with Crippen molar-refractivity contribution in [2.75, 3.05) is 11.9 Å². The molecule has 2 aliphatic heterocycles. The van der Waals surface area contributed by atoms with E-state index in [2.05, 4.69) is 42.5 Å². The summed E-state index contributed by atoms with van der Waals surface area (Å²) in [5.74, 6) is 0.558. The first kappa shape index (κ1) is 19.7. The van der Waals surface area contributed by atoms with Crippen LogP contribution in [0.2, 0.25) is 0 Å². The van der Waals surface area contributed by atoms with E-state index in [1.807, 2.05) is 0 Å². The van der Waals surface area contributed by atoms with Crippen LogP contribution >= 0.6 is 0 Å². The molecule has 4 heterocycles. The highest BCUT2D eigenvalue weighted by Gasteiger charge is 2.50. The summed E-state index contributed by atoms with van der Waals surface area (Å²) in [5, 5.41) is 30.5. The second-order valence-corrected chi connectivity index (χ2v) is 10.3. The van der Waals surface area contributed by atoms with E-state index in [0.717, 1.165) is 32.1 Å². The highest BCUT2D eigenvalue weighted by atomic mass is 19.1. The molecule has 6 rings (SSSR count). The largest absolute Gasteiger partial charge is 0.507 e. The smallest absolute Gasteiger partial charge is 0.233 e. The first-order valence-electron chi connectivity index (χ1n) is 13.8. The van der Waals surface area contributed by atoms with E-state index in [1.54, 1.807) is 18.3 Å². The highest BCUT2D eigenvalue weighted by molar-refractivity contribution is 5.72.